The van der Waals surface area contributed by atoms with Crippen LogP contribution >= 0.6 is 0 Å². The van der Waals surface area contributed by atoms with Crippen LogP contribution in [0.2, 0.25) is 0 Å². The van der Waals surface area contributed by atoms with Gasteiger partial charge in [-0.05, 0) is 30.9 Å². The first-order valence-corrected chi connectivity index (χ1v) is 7.59. The zero-order valence-electron chi connectivity index (χ0n) is 12.8. The molecule has 0 N–H and O–H groups in total. The quantitative estimate of drug-likeness (QED) is 0.781. The van der Waals surface area contributed by atoms with Crippen molar-refractivity contribution in [3.63, 3.8) is 0 Å². The van der Waals surface area contributed by atoms with Crippen LogP contribution in [-0.2, 0) is 4.74 Å². The second-order valence-corrected chi connectivity index (χ2v) is 5.64. The van der Waals surface area contributed by atoms with Crippen molar-refractivity contribution in [3.05, 3.63) is 29.8 Å². The lowest BCUT2D eigenvalue weighted by Gasteiger charge is -2.39. The molecule has 0 spiro atoms. The number of benzene rings is 1. The van der Waals surface area contributed by atoms with Gasteiger partial charge < -0.3 is 9.64 Å². The Morgan fingerprint density at radius 3 is 2.70 bits per heavy atom. The van der Waals surface area contributed by atoms with E-state index in [0.29, 0.717) is 11.6 Å². The summed E-state index contributed by atoms with van der Waals surface area (Å²) < 4.78 is 4.90. The smallest absolute Gasteiger partial charge is 0.339 e. The number of hydrogen-bond acceptors (Lipinski definition) is 3. The molecule has 0 saturated heterocycles. The van der Waals surface area contributed by atoms with Crippen LogP contribution in [0.25, 0.3) is 0 Å². The van der Waals surface area contributed by atoms with Crippen molar-refractivity contribution >= 4 is 11.7 Å². The van der Waals surface area contributed by atoms with Gasteiger partial charge in [0.2, 0.25) is 0 Å². The van der Waals surface area contributed by atoms with E-state index in [-0.39, 0.29) is 5.97 Å². The minimum absolute atomic E-state index is 0.253. The molecule has 110 valence electrons. The highest BCUT2D eigenvalue weighted by molar-refractivity contribution is 5.95. The molecule has 2 unspecified atom stereocenters. The Hall–Kier alpha value is -1.51. The highest BCUT2D eigenvalue weighted by atomic mass is 16.5. The maximum absolute atomic E-state index is 11.9. The van der Waals surface area contributed by atoms with Crippen LogP contribution in [0.4, 0.5) is 5.69 Å². The first kappa shape index (κ1) is 14.9. The molecular weight excluding hydrogens is 250 g/mol. The second-order valence-electron chi connectivity index (χ2n) is 5.64. The van der Waals surface area contributed by atoms with E-state index in [4.69, 9.17) is 4.74 Å². The van der Waals surface area contributed by atoms with Crippen LogP contribution in [-0.4, -0.2) is 26.2 Å². The number of carbonyl (C=O) groups excluding carboxylic acids is 1. The molecule has 0 aromatic heterocycles. The third-order valence-electron chi connectivity index (χ3n) is 4.58. The molecule has 1 saturated carbocycles. The van der Waals surface area contributed by atoms with Gasteiger partial charge >= 0.3 is 5.97 Å². The minimum Gasteiger partial charge on any atom is -0.465 e. The molecule has 1 fully saturated rings. The SMILES string of the molecule is CCC1CCCCC1N(C)c1ccccc1C(=O)OC. The van der Waals surface area contributed by atoms with Gasteiger partial charge in [0.1, 0.15) is 0 Å². The predicted molar refractivity (Wildman–Crippen MR) is 82.2 cm³/mol. The van der Waals surface area contributed by atoms with Crippen molar-refractivity contribution in [1.29, 1.82) is 0 Å². The van der Waals surface area contributed by atoms with E-state index in [1.165, 1.54) is 39.2 Å². The van der Waals surface area contributed by atoms with Gasteiger partial charge in [-0.3, -0.25) is 0 Å². The molecule has 1 aromatic rings. The fraction of sp³-hybridized carbons (Fsp3) is 0.588. The van der Waals surface area contributed by atoms with E-state index in [1.54, 1.807) is 0 Å². The van der Waals surface area contributed by atoms with Crippen molar-refractivity contribution < 1.29 is 9.53 Å². The van der Waals surface area contributed by atoms with Crippen LogP contribution in [0.5, 0.6) is 0 Å². The van der Waals surface area contributed by atoms with Gasteiger partial charge in [-0.25, -0.2) is 4.79 Å². The van der Waals surface area contributed by atoms with Crippen LogP contribution in [0.15, 0.2) is 24.3 Å². The summed E-state index contributed by atoms with van der Waals surface area (Å²) in [6.07, 6.45) is 6.33. The van der Waals surface area contributed by atoms with Gasteiger partial charge in [0.05, 0.1) is 18.4 Å². The largest absolute Gasteiger partial charge is 0.465 e. The molecule has 0 bridgehead atoms. The summed E-state index contributed by atoms with van der Waals surface area (Å²) in [6.45, 7) is 2.27. The van der Waals surface area contributed by atoms with E-state index >= 15 is 0 Å². The van der Waals surface area contributed by atoms with Crippen molar-refractivity contribution in [3.8, 4) is 0 Å². The number of anilines is 1. The number of rotatable bonds is 4. The van der Waals surface area contributed by atoms with Gasteiger partial charge in [0, 0.05) is 13.1 Å². The summed E-state index contributed by atoms with van der Waals surface area (Å²) >= 11 is 0. The van der Waals surface area contributed by atoms with Crippen LogP contribution < -0.4 is 4.90 Å². The van der Waals surface area contributed by atoms with Gasteiger partial charge in [-0.2, -0.15) is 0 Å². The Morgan fingerprint density at radius 2 is 2.00 bits per heavy atom. The Kier molecular flexibility index (Phi) is 5.05. The monoisotopic (exact) mass is 275 g/mol. The first-order valence-electron chi connectivity index (χ1n) is 7.59. The second kappa shape index (κ2) is 6.78. The van der Waals surface area contributed by atoms with Crippen LogP contribution in [0.3, 0.4) is 0 Å². The van der Waals surface area contributed by atoms with Gasteiger partial charge in [-0.1, -0.05) is 38.3 Å². The molecule has 1 aromatic carbocycles. The van der Waals surface area contributed by atoms with E-state index in [2.05, 4.69) is 18.9 Å². The van der Waals surface area contributed by atoms with Crippen molar-refractivity contribution in [2.24, 2.45) is 5.92 Å². The molecular formula is C17H25NO2. The lowest BCUT2D eigenvalue weighted by Crippen LogP contribution is -2.40. The van der Waals surface area contributed by atoms with Gasteiger partial charge in [-0.15, -0.1) is 0 Å². The van der Waals surface area contributed by atoms with E-state index in [9.17, 15) is 4.79 Å². The average Bonchev–Trinajstić information content (AvgIpc) is 2.53. The topological polar surface area (TPSA) is 29.5 Å². The number of para-hydroxylation sites is 1. The summed E-state index contributed by atoms with van der Waals surface area (Å²) in [4.78, 5) is 14.2. The highest BCUT2D eigenvalue weighted by Crippen LogP contribution is 2.33. The number of hydrogen-bond donors (Lipinski definition) is 0. The molecule has 3 heteroatoms. The zero-order chi connectivity index (χ0) is 14.5. The van der Waals surface area contributed by atoms with Gasteiger partial charge in [0.15, 0.2) is 0 Å². The van der Waals surface area contributed by atoms with Crippen LogP contribution in [0.1, 0.15) is 49.4 Å². The van der Waals surface area contributed by atoms with E-state index in [1.807, 2.05) is 24.3 Å². The first-order chi connectivity index (χ1) is 9.69. The summed E-state index contributed by atoms with van der Waals surface area (Å²) in [5.74, 6) is 0.468. The van der Waals surface area contributed by atoms with Crippen molar-refractivity contribution in [2.75, 3.05) is 19.1 Å². The molecule has 0 heterocycles. The molecule has 20 heavy (non-hydrogen) atoms. The molecule has 3 nitrogen and oxygen atoms in total. The Bertz CT molecular complexity index is 458. The molecule has 1 aliphatic carbocycles. The maximum Gasteiger partial charge on any atom is 0.339 e. The summed E-state index contributed by atoms with van der Waals surface area (Å²) in [6, 6.07) is 8.28. The molecule has 0 aliphatic heterocycles. The number of methoxy groups -OCH3 is 1. The molecule has 2 atom stereocenters. The zero-order valence-corrected chi connectivity index (χ0v) is 12.8. The van der Waals surface area contributed by atoms with Crippen molar-refractivity contribution in [1.82, 2.24) is 0 Å². The minimum atomic E-state index is -0.253. The molecule has 2 rings (SSSR count). The molecule has 1 aliphatic rings. The average molecular weight is 275 g/mol. The summed E-state index contributed by atoms with van der Waals surface area (Å²) in [5, 5.41) is 0. The molecule has 0 amide bonds. The van der Waals surface area contributed by atoms with Gasteiger partial charge in [0.25, 0.3) is 0 Å². The third-order valence-corrected chi connectivity index (χ3v) is 4.58. The Labute approximate surface area is 121 Å². The van der Waals surface area contributed by atoms with Crippen LogP contribution in [0, 0.1) is 5.92 Å². The Morgan fingerprint density at radius 1 is 1.30 bits per heavy atom. The maximum atomic E-state index is 11.9. The number of esters is 1. The fourth-order valence-corrected chi connectivity index (χ4v) is 3.42. The lowest BCUT2D eigenvalue weighted by molar-refractivity contribution is 0.0601. The summed E-state index contributed by atoms with van der Waals surface area (Å²) in [7, 11) is 3.55. The number of carbonyl (C=O) groups is 1. The van der Waals surface area contributed by atoms with E-state index < -0.39 is 0 Å². The Balaban J connectivity index is 2.28. The summed E-state index contributed by atoms with van der Waals surface area (Å²) in [5.41, 5.74) is 1.66. The van der Waals surface area contributed by atoms with E-state index in [0.717, 1.165) is 11.6 Å². The van der Waals surface area contributed by atoms with Crippen molar-refractivity contribution in [2.45, 2.75) is 45.1 Å². The lowest BCUT2D eigenvalue weighted by atomic mass is 9.82. The molecule has 0 radical (unpaired) electrons. The predicted octanol–water partition coefficient (Wildman–Crippen LogP) is 3.88. The fourth-order valence-electron chi connectivity index (χ4n) is 3.42. The standard InChI is InChI=1S/C17H25NO2/c1-4-13-9-5-7-11-15(13)18(2)16-12-8-6-10-14(16)17(19)20-3/h6,8,10,12-13,15H,4-5,7,9,11H2,1-3H3. The normalized spacial score (nSPS) is 22.4. The third kappa shape index (κ3) is 2.97. The highest BCUT2D eigenvalue weighted by Gasteiger charge is 2.28. The number of nitrogens with zero attached hydrogens (tertiary/aromatic N) is 1. The number of ether oxygens (including phenoxy) is 1.